The fourth-order valence-electron chi connectivity index (χ4n) is 4.71. The Bertz CT molecular complexity index is 1080. The van der Waals surface area contributed by atoms with E-state index in [1.165, 1.54) is 0 Å². The standard InChI is InChI=1S/C29H32Cl2O4/c1-3-26-19(2)27(33-17-20-10-6-4-7-11-20)29(34-18-21-12-8-5-9-13-21)28(35-26)23-14-22(16-32)24(30)15-25(23)31/h4-15,19,26-29,32H,3,16-18H2,1-2H3/t19-,26-,27+,28?,29-/m1/s1. The minimum Gasteiger partial charge on any atom is -0.392 e. The van der Waals surface area contributed by atoms with Crippen molar-refractivity contribution in [3.63, 3.8) is 0 Å². The van der Waals surface area contributed by atoms with Gasteiger partial charge in [-0.25, -0.2) is 0 Å². The summed E-state index contributed by atoms with van der Waals surface area (Å²) < 4.78 is 19.7. The molecule has 35 heavy (non-hydrogen) atoms. The molecule has 1 aliphatic rings. The first kappa shape index (κ1) is 26.2. The summed E-state index contributed by atoms with van der Waals surface area (Å²) in [4.78, 5) is 0. The minimum absolute atomic E-state index is 0.0401. The number of aliphatic hydroxyl groups excluding tert-OH is 1. The van der Waals surface area contributed by atoms with Crippen LogP contribution in [0.1, 0.15) is 48.6 Å². The largest absolute Gasteiger partial charge is 0.392 e. The molecule has 0 amide bonds. The molecule has 0 bridgehead atoms. The van der Waals surface area contributed by atoms with Gasteiger partial charge in [-0.2, -0.15) is 0 Å². The van der Waals surface area contributed by atoms with Crippen molar-refractivity contribution in [2.75, 3.05) is 0 Å². The summed E-state index contributed by atoms with van der Waals surface area (Å²) in [7, 11) is 0. The lowest BCUT2D eigenvalue weighted by molar-refractivity contribution is -0.234. The van der Waals surface area contributed by atoms with E-state index in [0.717, 1.165) is 23.1 Å². The second-order valence-electron chi connectivity index (χ2n) is 9.01. The third kappa shape index (κ3) is 6.26. The molecule has 1 unspecified atom stereocenters. The fraction of sp³-hybridized carbons (Fsp3) is 0.379. The molecule has 0 aliphatic carbocycles. The quantitative estimate of drug-likeness (QED) is 0.329. The highest BCUT2D eigenvalue weighted by Gasteiger charge is 2.46. The molecule has 0 radical (unpaired) electrons. The summed E-state index contributed by atoms with van der Waals surface area (Å²) in [6, 6.07) is 23.7. The van der Waals surface area contributed by atoms with Crippen LogP contribution >= 0.6 is 23.2 Å². The Kier molecular flexibility index (Phi) is 9.23. The third-order valence-corrected chi connectivity index (χ3v) is 7.34. The molecule has 186 valence electrons. The van der Waals surface area contributed by atoms with Gasteiger partial charge < -0.3 is 19.3 Å². The Morgan fingerprint density at radius 2 is 1.40 bits per heavy atom. The molecule has 6 heteroatoms. The molecular weight excluding hydrogens is 483 g/mol. The van der Waals surface area contributed by atoms with E-state index in [0.29, 0.717) is 28.8 Å². The topological polar surface area (TPSA) is 47.9 Å². The Balaban J connectivity index is 1.69. The molecule has 1 aliphatic heterocycles. The molecule has 1 heterocycles. The van der Waals surface area contributed by atoms with Gasteiger partial charge in [0.15, 0.2) is 0 Å². The highest BCUT2D eigenvalue weighted by Crippen LogP contribution is 2.43. The zero-order valence-electron chi connectivity index (χ0n) is 20.1. The van der Waals surface area contributed by atoms with E-state index < -0.39 is 12.2 Å². The molecule has 0 aromatic heterocycles. The minimum atomic E-state index is -0.476. The Morgan fingerprint density at radius 3 is 1.94 bits per heavy atom. The average Bonchev–Trinajstić information content (AvgIpc) is 2.88. The second-order valence-corrected chi connectivity index (χ2v) is 9.82. The third-order valence-electron chi connectivity index (χ3n) is 6.66. The molecule has 4 rings (SSSR count). The van der Waals surface area contributed by atoms with Crippen LogP contribution < -0.4 is 0 Å². The van der Waals surface area contributed by atoms with Crippen LogP contribution in [0, 0.1) is 5.92 Å². The first-order valence-corrected chi connectivity index (χ1v) is 12.8. The number of rotatable bonds is 9. The van der Waals surface area contributed by atoms with Crippen LogP contribution in [0.3, 0.4) is 0 Å². The normalized spacial score (nSPS) is 24.4. The maximum atomic E-state index is 9.83. The van der Waals surface area contributed by atoms with E-state index in [-0.39, 0.29) is 24.7 Å². The van der Waals surface area contributed by atoms with E-state index in [2.05, 4.69) is 26.0 Å². The molecule has 3 aromatic carbocycles. The Labute approximate surface area is 217 Å². The lowest BCUT2D eigenvalue weighted by Gasteiger charge is -2.46. The first-order chi connectivity index (χ1) is 17.0. The summed E-state index contributed by atoms with van der Waals surface area (Å²) >= 11 is 13.0. The molecule has 4 nitrogen and oxygen atoms in total. The molecular formula is C29H32Cl2O4. The number of benzene rings is 3. The summed E-state index contributed by atoms with van der Waals surface area (Å²) in [5.41, 5.74) is 3.52. The van der Waals surface area contributed by atoms with Gasteiger partial charge in [-0.3, -0.25) is 0 Å². The average molecular weight is 515 g/mol. The van der Waals surface area contributed by atoms with Crippen molar-refractivity contribution < 1.29 is 19.3 Å². The van der Waals surface area contributed by atoms with Crippen LogP contribution in [0.2, 0.25) is 10.0 Å². The van der Waals surface area contributed by atoms with Crippen LogP contribution in [0.4, 0.5) is 0 Å². The van der Waals surface area contributed by atoms with Gasteiger partial charge in [-0.1, -0.05) is 97.7 Å². The Morgan fingerprint density at radius 1 is 0.829 bits per heavy atom. The van der Waals surface area contributed by atoms with Crippen molar-refractivity contribution >= 4 is 23.2 Å². The van der Waals surface area contributed by atoms with Crippen molar-refractivity contribution in [2.24, 2.45) is 5.92 Å². The maximum Gasteiger partial charge on any atom is 0.115 e. The predicted molar refractivity (Wildman–Crippen MR) is 139 cm³/mol. The zero-order chi connectivity index (χ0) is 24.8. The number of hydrogen-bond acceptors (Lipinski definition) is 4. The van der Waals surface area contributed by atoms with Gasteiger partial charge >= 0.3 is 0 Å². The highest BCUT2D eigenvalue weighted by atomic mass is 35.5. The first-order valence-electron chi connectivity index (χ1n) is 12.1. The van der Waals surface area contributed by atoms with Crippen LogP contribution in [0.25, 0.3) is 0 Å². The van der Waals surface area contributed by atoms with Gasteiger partial charge in [0.2, 0.25) is 0 Å². The summed E-state index contributed by atoms with van der Waals surface area (Å²) in [5, 5.41) is 10.7. The van der Waals surface area contributed by atoms with Gasteiger partial charge in [0.1, 0.15) is 12.2 Å². The van der Waals surface area contributed by atoms with Gasteiger partial charge in [0, 0.05) is 21.5 Å². The zero-order valence-corrected chi connectivity index (χ0v) is 21.6. The van der Waals surface area contributed by atoms with Crippen molar-refractivity contribution in [3.8, 4) is 0 Å². The van der Waals surface area contributed by atoms with Crippen molar-refractivity contribution in [2.45, 2.75) is 64.5 Å². The van der Waals surface area contributed by atoms with E-state index >= 15 is 0 Å². The molecule has 5 atom stereocenters. The SMILES string of the molecule is CC[C@H]1OC(c2cc(CO)c(Cl)cc2Cl)[C@H](OCc2ccccc2)[C@@H](OCc2ccccc2)[C@@H]1C. The van der Waals surface area contributed by atoms with Crippen molar-refractivity contribution in [1.29, 1.82) is 0 Å². The van der Waals surface area contributed by atoms with Crippen LogP contribution in [-0.4, -0.2) is 23.4 Å². The van der Waals surface area contributed by atoms with Crippen LogP contribution in [0.5, 0.6) is 0 Å². The Hall–Kier alpha value is -1.92. The smallest absolute Gasteiger partial charge is 0.115 e. The molecule has 1 fully saturated rings. The van der Waals surface area contributed by atoms with E-state index in [4.69, 9.17) is 37.4 Å². The number of hydrogen-bond donors (Lipinski definition) is 1. The van der Waals surface area contributed by atoms with Crippen LogP contribution in [0.15, 0.2) is 72.8 Å². The molecule has 0 spiro atoms. The van der Waals surface area contributed by atoms with Gasteiger partial charge in [0.25, 0.3) is 0 Å². The maximum absolute atomic E-state index is 9.83. The van der Waals surface area contributed by atoms with Gasteiger partial charge in [0.05, 0.1) is 32.0 Å². The lowest BCUT2D eigenvalue weighted by atomic mass is 9.84. The van der Waals surface area contributed by atoms with E-state index in [1.54, 1.807) is 6.07 Å². The molecule has 0 saturated carbocycles. The predicted octanol–water partition coefficient (Wildman–Crippen LogP) is 7.14. The monoisotopic (exact) mass is 514 g/mol. The summed E-state index contributed by atoms with van der Waals surface area (Å²) in [5.74, 6) is 0.101. The number of halogens is 2. The van der Waals surface area contributed by atoms with E-state index in [1.807, 2.05) is 54.6 Å². The van der Waals surface area contributed by atoms with Gasteiger partial charge in [-0.15, -0.1) is 0 Å². The fourth-order valence-corrected chi connectivity index (χ4v) is 5.26. The van der Waals surface area contributed by atoms with Crippen molar-refractivity contribution in [3.05, 3.63) is 105 Å². The highest BCUT2D eigenvalue weighted by molar-refractivity contribution is 6.35. The van der Waals surface area contributed by atoms with E-state index in [9.17, 15) is 5.11 Å². The van der Waals surface area contributed by atoms with Gasteiger partial charge in [-0.05, 0) is 35.2 Å². The number of aliphatic hydroxyl groups is 1. The lowest BCUT2D eigenvalue weighted by Crippen LogP contribution is -2.51. The second kappa shape index (κ2) is 12.4. The molecule has 1 N–H and O–H groups in total. The van der Waals surface area contributed by atoms with Crippen molar-refractivity contribution in [1.82, 2.24) is 0 Å². The number of ether oxygens (including phenoxy) is 3. The summed E-state index contributed by atoms with van der Waals surface area (Å²) in [6.07, 6.45) is -0.335. The molecule has 3 aromatic rings. The summed E-state index contributed by atoms with van der Waals surface area (Å²) in [6.45, 7) is 4.97. The molecule has 1 saturated heterocycles. The van der Waals surface area contributed by atoms with Crippen LogP contribution in [-0.2, 0) is 34.0 Å².